The Bertz CT molecular complexity index is 660. The average molecular weight is 349 g/mol. The Kier molecular flexibility index (Phi) is 5.69. The molecule has 1 saturated heterocycles. The summed E-state index contributed by atoms with van der Waals surface area (Å²) in [5, 5.41) is 12.4. The zero-order valence-electron chi connectivity index (χ0n) is 13.9. The molecule has 1 aromatic rings. The molecule has 8 nitrogen and oxygen atoms in total. The van der Waals surface area contributed by atoms with Gasteiger partial charge < -0.3 is 29.2 Å². The van der Waals surface area contributed by atoms with E-state index in [1.165, 1.54) is 0 Å². The second-order valence-electron chi connectivity index (χ2n) is 5.91. The Labute approximate surface area is 145 Å². The van der Waals surface area contributed by atoms with Gasteiger partial charge >= 0.3 is 13.1 Å². The van der Waals surface area contributed by atoms with Crippen molar-refractivity contribution in [2.45, 2.75) is 19.6 Å². The van der Waals surface area contributed by atoms with E-state index in [1.54, 1.807) is 19.1 Å². The van der Waals surface area contributed by atoms with Crippen LogP contribution in [0.15, 0.2) is 12.1 Å². The van der Waals surface area contributed by atoms with Crippen LogP contribution in [-0.4, -0.2) is 63.1 Å². The molecule has 2 heterocycles. The van der Waals surface area contributed by atoms with Gasteiger partial charge in [-0.05, 0) is 29.6 Å². The maximum Gasteiger partial charge on any atom is 0.492 e. The van der Waals surface area contributed by atoms with Crippen molar-refractivity contribution in [1.29, 1.82) is 0 Å². The Hall–Kier alpha value is -1.94. The van der Waals surface area contributed by atoms with Crippen molar-refractivity contribution in [2.75, 3.05) is 33.0 Å². The molecule has 9 heteroatoms. The molecule has 1 unspecified atom stereocenters. The van der Waals surface area contributed by atoms with E-state index in [2.05, 4.69) is 5.32 Å². The molecular formula is C16H20BNO7. The maximum absolute atomic E-state index is 12.3. The molecule has 2 aliphatic rings. The Morgan fingerprint density at radius 3 is 3.00 bits per heavy atom. The van der Waals surface area contributed by atoms with Gasteiger partial charge in [-0.15, -0.1) is 0 Å². The van der Waals surface area contributed by atoms with Crippen LogP contribution in [0, 0.1) is 6.92 Å². The molecule has 0 aromatic heterocycles. The minimum Gasteiger partial charge on any atom is -0.462 e. The van der Waals surface area contributed by atoms with Crippen LogP contribution in [0.4, 0.5) is 0 Å². The van der Waals surface area contributed by atoms with Crippen LogP contribution in [0.1, 0.15) is 21.5 Å². The van der Waals surface area contributed by atoms with E-state index in [1.807, 2.05) is 0 Å². The van der Waals surface area contributed by atoms with Crippen molar-refractivity contribution < 1.29 is 33.5 Å². The fraction of sp³-hybridized carbons (Fsp3) is 0.500. The largest absolute Gasteiger partial charge is 0.492 e. The molecule has 2 aliphatic heterocycles. The molecule has 3 rings (SSSR count). The van der Waals surface area contributed by atoms with E-state index in [0.717, 1.165) is 5.56 Å². The van der Waals surface area contributed by atoms with Crippen LogP contribution >= 0.6 is 0 Å². The molecule has 1 fully saturated rings. The number of fused-ring (bicyclic) bond motifs is 1. The standard InChI is InChI=1S/C16H20BNO7/c1-10-13(3-2-11-7-25-17(21)15(10)11)16(20)18-6-14(19)24-9-12-8-22-4-5-23-12/h2-3,12,21H,4-9H2,1H3,(H,18,20). The van der Waals surface area contributed by atoms with E-state index in [9.17, 15) is 14.6 Å². The van der Waals surface area contributed by atoms with Gasteiger partial charge in [-0.25, -0.2) is 0 Å². The highest BCUT2D eigenvalue weighted by Crippen LogP contribution is 2.16. The highest BCUT2D eigenvalue weighted by Gasteiger charge is 2.31. The van der Waals surface area contributed by atoms with E-state index >= 15 is 0 Å². The summed E-state index contributed by atoms with van der Waals surface area (Å²) in [5.41, 5.74) is 2.50. The molecule has 0 saturated carbocycles. The number of hydrogen-bond donors (Lipinski definition) is 2. The third-order valence-electron chi connectivity index (χ3n) is 4.20. The quantitative estimate of drug-likeness (QED) is 0.514. The lowest BCUT2D eigenvalue weighted by Crippen LogP contribution is -2.37. The molecular weight excluding hydrogens is 329 g/mol. The van der Waals surface area contributed by atoms with Gasteiger partial charge in [0.2, 0.25) is 0 Å². The molecule has 134 valence electrons. The molecule has 1 amide bonds. The predicted molar refractivity (Wildman–Crippen MR) is 87.4 cm³/mol. The number of rotatable bonds is 5. The van der Waals surface area contributed by atoms with Crippen LogP contribution in [0.3, 0.4) is 0 Å². The minimum absolute atomic E-state index is 0.0934. The average Bonchev–Trinajstić information content (AvgIpc) is 3.01. The highest BCUT2D eigenvalue weighted by molar-refractivity contribution is 6.62. The SMILES string of the molecule is Cc1c(C(=O)NCC(=O)OCC2COCCO2)ccc2c1B(O)OC2. The summed E-state index contributed by atoms with van der Waals surface area (Å²) >= 11 is 0. The smallest absolute Gasteiger partial charge is 0.462 e. The van der Waals surface area contributed by atoms with E-state index in [0.29, 0.717) is 43.0 Å². The number of hydrogen-bond acceptors (Lipinski definition) is 7. The number of amides is 1. The molecule has 2 N–H and O–H groups in total. The second-order valence-corrected chi connectivity index (χ2v) is 5.91. The van der Waals surface area contributed by atoms with Crippen LogP contribution in [-0.2, 0) is 30.3 Å². The van der Waals surface area contributed by atoms with Gasteiger partial charge in [0, 0.05) is 5.56 Å². The number of carbonyl (C=O) groups is 2. The van der Waals surface area contributed by atoms with Crippen LogP contribution in [0.2, 0.25) is 0 Å². The van der Waals surface area contributed by atoms with Gasteiger partial charge in [-0.2, -0.15) is 0 Å². The Morgan fingerprint density at radius 2 is 2.24 bits per heavy atom. The van der Waals surface area contributed by atoms with Gasteiger partial charge in [-0.3, -0.25) is 9.59 Å². The summed E-state index contributed by atoms with van der Waals surface area (Å²) in [7, 11) is -1.02. The predicted octanol–water partition coefficient (Wildman–Crippen LogP) is -1.10. The van der Waals surface area contributed by atoms with Crippen molar-refractivity contribution in [1.82, 2.24) is 5.32 Å². The first kappa shape index (κ1) is 17.9. The van der Waals surface area contributed by atoms with Crippen molar-refractivity contribution in [2.24, 2.45) is 0 Å². The van der Waals surface area contributed by atoms with Gasteiger partial charge in [0.05, 0.1) is 26.4 Å². The maximum atomic E-state index is 12.3. The van der Waals surface area contributed by atoms with Crippen molar-refractivity contribution in [3.63, 3.8) is 0 Å². The molecule has 0 radical (unpaired) electrons. The number of carbonyl (C=O) groups excluding carboxylic acids is 2. The molecule has 1 atom stereocenters. The number of benzene rings is 1. The first-order valence-electron chi connectivity index (χ1n) is 8.11. The second kappa shape index (κ2) is 7.96. The summed E-state index contributed by atoms with van der Waals surface area (Å²) < 4.78 is 20.8. The lowest BCUT2D eigenvalue weighted by molar-refractivity contribution is -0.154. The van der Waals surface area contributed by atoms with Crippen molar-refractivity contribution in [3.05, 3.63) is 28.8 Å². The van der Waals surface area contributed by atoms with E-state index in [4.69, 9.17) is 18.9 Å². The van der Waals surface area contributed by atoms with Crippen molar-refractivity contribution >= 4 is 24.5 Å². The fourth-order valence-electron chi connectivity index (χ4n) is 2.87. The van der Waals surface area contributed by atoms with Crippen molar-refractivity contribution in [3.8, 4) is 0 Å². The summed E-state index contributed by atoms with van der Waals surface area (Å²) in [5.74, 6) is -0.960. The topological polar surface area (TPSA) is 103 Å². The Balaban J connectivity index is 1.51. The molecule has 1 aromatic carbocycles. The lowest BCUT2D eigenvalue weighted by atomic mass is 9.75. The summed E-state index contributed by atoms with van der Waals surface area (Å²) in [4.78, 5) is 24.0. The molecule has 0 bridgehead atoms. The lowest BCUT2D eigenvalue weighted by Gasteiger charge is -2.22. The number of esters is 1. The van der Waals surface area contributed by atoms with Gasteiger partial charge in [-0.1, -0.05) is 6.07 Å². The van der Waals surface area contributed by atoms with Gasteiger partial charge in [0.1, 0.15) is 19.3 Å². The van der Waals surface area contributed by atoms with Gasteiger partial charge in [0.15, 0.2) is 0 Å². The van der Waals surface area contributed by atoms with Crippen LogP contribution < -0.4 is 10.8 Å². The molecule has 25 heavy (non-hydrogen) atoms. The third kappa shape index (κ3) is 4.19. The van der Waals surface area contributed by atoms with Crippen LogP contribution in [0.5, 0.6) is 0 Å². The van der Waals surface area contributed by atoms with Crippen LogP contribution in [0.25, 0.3) is 0 Å². The minimum atomic E-state index is -1.02. The number of ether oxygens (including phenoxy) is 3. The first-order chi connectivity index (χ1) is 12.1. The Morgan fingerprint density at radius 1 is 1.40 bits per heavy atom. The molecule has 0 spiro atoms. The summed E-state index contributed by atoms with van der Waals surface area (Å²) in [6.07, 6.45) is -0.270. The fourth-order valence-corrected chi connectivity index (χ4v) is 2.87. The highest BCUT2D eigenvalue weighted by atomic mass is 16.6. The molecule has 0 aliphatic carbocycles. The normalized spacial score (nSPS) is 19.4. The number of nitrogens with one attached hydrogen (secondary N) is 1. The first-order valence-corrected chi connectivity index (χ1v) is 8.11. The monoisotopic (exact) mass is 349 g/mol. The summed E-state index contributed by atoms with van der Waals surface area (Å²) in [6.45, 7) is 3.31. The van der Waals surface area contributed by atoms with E-state index in [-0.39, 0.29) is 19.3 Å². The zero-order chi connectivity index (χ0) is 17.8. The third-order valence-corrected chi connectivity index (χ3v) is 4.20. The summed E-state index contributed by atoms with van der Waals surface area (Å²) in [6, 6.07) is 3.40. The van der Waals surface area contributed by atoms with E-state index < -0.39 is 19.0 Å². The zero-order valence-corrected chi connectivity index (χ0v) is 13.9. The van der Waals surface area contributed by atoms with Gasteiger partial charge in [0.25, 0.3) is 5.91 Å².